The summed E-state index contributed by atoms with van der Waals surface area (Å²) in [7, 11) is 0. The number of benzene rings is 1. The number of carboxylic acid groups (broad SMARTS) is 1. The monoisotopic (exact) mass is 241 g/mol. The molecule has 0 amide bonds. The van der Waals surface area contributed by atoms with E-state index in [0.29, 0.717) is 0 Å². The molecule has 0 aromatic heterocycles. The summed E-state index contributed by atoms with van der Waals surface area (Å²) in [6, 6.07) is 7.57. The van der Waals surface area contributed by atoms with Crippen LogP contribution in [0.1, 0.15) is 25.7 Å². The molecule has 0 unspecified atom stereocenters. The molecule has 0 spiro atoms. The van der Waals surface area contributed by atoms with Crippen LogP contribution in [0, 0.1) is 0 Å². The third kappa shape index (κ3) is 5.61. The van der Waals surface area contributed by atoms with Crippen molar-refractivity contribution in [2.45, 2.75) is 25.7 Å². The second-order valence-electron chi connectivity index (χ2n) is 3.64. The fraction of sp³-hybridized carbons (Fsp3) is 0.417. The van der Waals surface area contributed by atoms with E-state index in [1.165, 1.54) is 0 Å². The van der Waals surface area contributed by atoms with Crippen LogP contribution in [0.5, 0.6) is 0 Å². The van der Waals surface area contributed by atoms with Gasteiger partial charge in [0.25, 0.3) is 0 Å². The predicted octanol–water partition coefficient (Wildman–Crippen LogP) is 3.40. The standard InChI is InChI=1S/C12H16ClNO2/c13-10-5-4-6-11(9-10)14-8-3-1-2-7-12(15)16/h4-6,9,14H,1-3,7-8H2,(H,15,16). The molecule has 0 saturated heterocycles. The summed E-state index contributed by atoms with van der Waals surface area (Å²) in [5, 5.41) is 12.4. The molecular formula is C12H16ClNO2. The van der Waals surface area contributed by atoms with Crippen molar-refractivity contribution in [3.05, 3.63) is 29.3 Å². The Balaban J connectivity index is 2.09. The molecule has 0 radical (unpaired) electrons. The molecule has 0 aliphatic rings. The number of carboxylic acids is 1. The van der Waals surface area contributed by atoms with Crippen molar-refractivity contribution in [3.63, 3.8) is 0 Å². The number of aliphatic carboxylic acids is 1. The lowest BCUT2D eigenvalue weighted by molar-refractivity contribution is -0.137. The van der Waals surface area contributed by atoms with Crippen molar-refractivity contribution in [1.82, 2.24) is 0 Å². The first-order valence-corrected chi connectivity index (χ1v) is 5.77. The molecule has 0 aliphatic heterocycles. The van der Waals surface area contributed by atoms with Gasteiger partial charge in [-0.05, 0) is 31.0 Å². The first-order chi connectivity index (χ1) is 7.68. The van der Waals surface area contributed by atoms with Gasteiger partial charge < -0.3 is 10.4 Å². The minimum Gasteiger partial charge on any atom is -0.481 e. The smallest absolute Gasteiger partial charge is 0.303 e. The molecule has 1 aromatic carbocycles. The van der Waals surface area contributed by atoms with Gasteiger partial charge in [-0.3, -0.25) is 4.79 Å². The number of hydrogen-bond acceptors (Lipinski definition) is 2. The maximum atomic E-state index is 10.3. The number of anilines is 1. The Morgan fingerprint density at radius 1 is 1.31 bits per heavy atom. The summed E-state index contributed by atoms with van der Waals surface area (Å²) in [4.78, 5) is 10.3. The van der Waals surface area contributed by atoms with E-state index in [0.717, 1.165) is 36.5 Å². The van der Waals surface area contributed by atoms with Crippen molar-refractivity contribution >= 4 is 23.3 Å². The van der Waals surface area contributed by atoms with Crippen LogP contribution in [0.2, 0.25) is 5.02 Å². The van der Waals surface area contributed by atoms with E-state index in [4.69, 9.17) is 16.7 Å². The molecule has 4 heteroatoms. The molecule has 2 N–H and O–H groups in total. The molecule has 0 heterocycles. The maximum absolute atomic E-state index is 10.3. The summed E-state index contributed by atoms with van der Waals surface area (Å²) in [6.07, 6.45) is 2.91. The fourth-order valence-electron chi connectivity index (χ4n) is 1.41. The van der Waals surface area contributed by atoms with Crippen molar-refractivity contribution in [1.29, 1.82) is 0 Å². The Hall–Kier alpha value is -1.22. The van der Waals surface area contributed by atoms with E-state index >= 15 is 0 Å². The van der Waals surface area contributed by atoms with Crippen LogP contribution >= 0.6 is 11.6 Å². The lowest BCUT2D eigenvalue weighted by Crippen LogP contribution is -2.02. The highest BCUT2D eigenvalue weighted by Gasteiger charge is 1.96. The van der Waals surface area contributed by atoms with Crippen LogP contribution in [0.3, 0.4) is 0 Å². The van der Waals surface area contributed by atoms with Crippen LogP contribution in [0.4, 0.5) is 5.69 Å². The molecule has 1 rings (SSSR count). The molecule has 3 nitrogen and oxygen atoms in total. The predicted molar refractivity (Wildman–Crippen MR) is 66.0 cm³/mol. The van der Waals surface area contributed by atoms with E-state index in [1.54, 1.807) is 0 Å². The van der Waals surface area contributed by atoms with Crippen molar-refractivity contribution in [2.75, 3.05) is 11.9 Å². The summed E-state index contributed by atoms with van der Waals surface area (Å²) in [6.45, 7) is 0.847. The zero-order valence-electron chi connectivity index (χ0n) is 9.08. The largest absolute Gasteiger partial charge is 0.481 e. The van der Waals surface area contributed by atoms with Crippen LogP contribution in [0.25, 0.3) is 0 Å². The lowest BCUT2D eigenvalue weighted by atomic mass is 10.2. The minimum atomic E-state index is -0.720. The van der Waals surface area contributed by atoms with Gasteiger partial charge in [0.2, 0.25) is 0 Å². The second-order valence-corrected chi connectivity index (χ2v) is 4.08. The Labute approximate surface area is 100 Å². The molecule has 88 valence electrons. The number of unbranched alkanes of at least 4 members (excludes halogenated alkanes) is 2. The Kier molecular flexibility index (Phi) is 5.72. The van der Waals surface area contributed by atoms with E-state index in [-0.39, 0.29) is 6.42 Å². The zero-order valence-corrected chi connectivity index (χ0v) is 9.83. The van der Waals surface area contributed by atoms with Gasteiger partial charge in [0.1, 0.15) is 0 Å². The van der Waals surface area contributed by atoms with Crippen molar-refractivity contribution in [2.24, 2.45) is 0 Å². The van der Waals surface area contributed by atoms with Crippen LogP contribution in [0.15, 0.2) is 24.3 Å². The number of nitrogens with one attached hydrogen (secondary N) is 1. The van der Waals surface area contributed by atoms with Crippen LogP contribution in [-0.2, 0) is 4.79 Å². The maximum Gasteiger partial charge on any atom is 0.303 e. The normalized spacial score (nSPS) is 10.1. The van der Waals surface area contributed by atoms with Gasteiger partial charge in [-0.1, -0.05) is 24.1 Å². The van der Waals surface area contributed by atoms with E-state index < -0.39 is 5.97 Å². The van der Waals surface area contributed by atoms with Gasteiger partial charge in [-0.15, -0.1) is 0 Å². The molecule has 0 saturated carbocycles. The van der Waals surface area contributed by atoms with Gasteiger partial charge in [0.05, 0.1) is 0 Å². The van der Waals surface area contributed by atoms with Gasteiger partial charge in [0.15, 0.2) is 0 Å². The zero-order chi connectivity index (χ0) is 11.8. The highest BCUT2D eigenvalue weighted by Crippen LogP contribution is 2.14. The first-order valence-electron chi connectivity index (χ1n) is 5.40. The lowest BCUT2D eigenvalue weighted by Gasteiger charge is -2.05. The Morgan fingerprint density at radius 2 is 2.12 bits per heavy atom. The number of carbonyl (C=O) groups is 1. The highest BCUT2D eigenvalue weighted by molar-refractivity contribution is 6.30. The van der Waals surface area contributed by atoms with Gasteiger partial charge in [-0.25, -0.2) is 0 Å². The first kappa shape index (κ1) is 12.8. The molecule has 1 aromatic rings. The molecular weight excluding hydrogens is 226 g/mol. The van der Waals surface area contributed by atoms with Crippen molar-refractivity contribution < 1.29 is 9.90 Å². The highest BCUT2D eigenvalue weighted by atomic mass is 35.5. The molecule has 0 bridgehead atoms. The van der Waals surface area contributed by atoms with Crippen LogP contribution < -0.4 is 5.32 Å². The summed E-state index contributed by atoms with van der Waals surface area (Å²) in [5.41, 5.74) is 1.01. The summed E-state index contributed by atoms with van der Waals surface area (Å²) in [5.74, 6) is -0.720. The molecule has 16 heavy (non-hydrogen) atoms. The Morgan fingerprint density at radius 3 is 2.81 bits per heavy atom. The molecule has 0 fully saturated rings. The third-order valence-electron chi connectivity index (χ3n) is 2.22. The topological polar surface area (TPSA) is 49.3 Å². The van der Waals surface area contributed by atoms with E-state index in [2.05, 4.69) is 5.32 Å². The number of halogens is 1. The average molecular weight is 242 g/mol. The van der Waals surface area contributed by atoms with Crippen molar-refractivity contribution in [3.8, 4) is 0 Å². The quantitative estimate of drug-likeness (QED) is 0.720. The summed E-state index contributed by atoms with van der Waals surface area (Å²) >= 11 is 5.84. The van der Waals surface area contributed by atoms with E-state index in [9.17, 15) is 4.79 Å². The molecule has 0 atom stereocenters. The SMILES string of the molecule is O=C(O)CCCCCNc1cccc(Cl)c1. The minimum absolute atomic E-state index is 0.261. The van der Waals surface area contributed by atoms with Crippen LogP contribution in [-0.4, -0.2) is 17.6 Å². The van der Waals surface area contributed by atoms with E-state index in [1.807, 2.05) is 24.3 Å². The Bertz CT molecular complexity index is 342. The fourth-order valence-corrected chi connectivity index (χ4v) is 1.60. The number of hydrogen-bond donors (Lipinski definition) is 2. The average Bonchev–Trinajstić information content (AvgIpc) is 2.23. The summed E-state index contributed by atoms with van der Waals surface area (Å²) < 4.78 is 0. The second kappa shape index (κ2) is 7.12. The number of rotatable bonds is 7. The van der Waals surface area contributed by atoms with Gasteiger partial charge >= 0.3 is 5.97 Å². The van der Waals surface area contributed by atoms with Gasteiger partial charge in [0, 0.05) is 23.7 Å². The van der Waals surface area contributed by atoms with Gasteiger partial charge in [-0.2, -0.15) is 0 Å². The molecule has 0 aliphatic carbocycles. The third-order valence-corrected chi connectivity index (χ3v) is 2.46.